The molecule has 206 valence electrons. The van der Waals surface area contributed by atoms with Crippen LogP contribution in [0.15, 0.2) is 23.8 Å². The third-order valence-corrected chi connectivity index (χ3v) is 12.9. The van der Waals surface area contributed by atoms with Crippen LogP contribution >= 0.6 is 0 Å². The van der Waals surface area contributed by atoms with Gasteiger partial charge in [-0.05, 0) is 79.4 Å². The number of rotatable bonds is 2. The molecule has 4 nitrogen and oxygen atoms in total. The summed E-state index contributed by atoms with van der Waals surface area (Å²) in [5, 5.41) is 0. The summed E-state index contributed by atoms with van der Waals surface area (Å²) in [5.41, 5.74) is 1.39. The lowest BCUT2D eigenvalue weighted by atomic mass is 9.34. The van der Waals surface area contributed by atoms with E-state index in [2.05, 4.69) is 66.7 Å². The van der Waals surface area contributed by atoms with E-state index in [0.29, 0.717) is 11.8 Å². The van der Waals surface area contributed by atoms with Gasteiger partial charge in [0, 0.05) is 23.7 Å². The Bertz CT molecular complexity index is 1050. The van der Waals surface area contributed by atoms with Crippen molar-refractivity contribution in [2.24, 2.45) is 50.2 Å². The Morgan fingerprint density at radius 3 is 2.24 bits per heavy atom. The molecular weight excluding hydrogens is 460 g/mol. The molecule has 8 atom stereocenters. The third-order valence-electron chi connectivity index (χ3n) is 12.9. The standard InChI is InChI=1S/C33H50O4/c1-21(34)37-26-13-14-30(6)24(29(26,4)5)12-15-32(8)25(30)11-10-22-23-20-28(2,3)16-18-33(23,27(35)36-9)19-17-31(22,32)7/h10,17,19,23-26H,11-16,18,20H2,1-9H3/t23-,24-,25+,26?,30-,31+,32+,33-/m0/s1. The molecule has 0 spiro atoms. The maximum absolute atomic E-state index is 13.4. The van der Waals surface area contributed by atoms with Crippen LogP contribution in [0.5, 0.6) is 0 Å². The van der Waals surface area contributed by atoms with E-state index in [1.54, 1.807) is 14.0 Å². The van der Waals surface area contributed by atoms with Crippen molar-refractivity contribution < 1.29 is 19.1 Å². The van der Waals surface area contributed by atoms with Gasteiger partial charge in [-0.25, -0.2) is 0 Å². The van der Waals surface area contributed by atoms with Crippen molar-refractivity contribution in [3.63, 3.8) is 0 Å². The second-order valence-corrected chi connectivity index (χ2v) is 15.4. The SMILES string of the molecule is COC(=O)[C@@]12C=C[C@]3(C)C(=CC[C@@H]4[C@@]5(C)CCC(OC(C)=O)C(C)(C)[C@@H]5CC[C@]43C)[C@@H]1CC(C)(C)CC2. The molecule has 0 N–H and O–H groups in total. The van der Waals surface area contributed by atoms with Gasteiger partial charge in [0.15, 0.2) is 0 Å². The van der Waals surface area contributed by atoms with Crippen LogP contribution in [0, 0.1) is 50.2 Å². The van der Waals surface area contributed by atoms with Crippen molar-refractivity contribution in [2.45, 2.75) is 113 Å². The number of ether oxygens (including phenoxy) is 2. The van der Waals surface area contributed by atoms with Crippen LogP contribution in [0.3, 0.4) is 0 Å². The van der Waals surface area contributed by atoms with Crippen LogP contribution in [0.2, 0.25) is 0 Å². The number of hydrogen-bond donors (Lipinski definition) is 0. The smallest absolute Gasteiger partial charge is 0.316 e. The largest absolute Gasteiger partial charge is 0.468 e. The quantitative estimate of drug-likeness (QED) is 0.282. The molecule has 0 aliphatic heterocycles. The molecule has 0 bridgehead atoms. The normalized spacial score (nSPS) is 47.3. The molecule has 1 unspecified atom stereocenters. The van der Waals surface area contributed by atoms with Gasteiger partial charge in [-0.1, -0.05) is 72.3 Å². The molecule has 0 aromatic rings. The molecule has 5 aliphatic rings. The number of carbonyl (C=O) groups is 2. The zero-order valence-electron chi connectivity index (χ0n) is 24.8. The Morgan fingerprint density at radius 1 is 0.892 bits per heavy atom. The first kappa shape index (κ1) is 27.0. The van der Waals surface area contributed by atoms with Crippen LogP contribution in [0.4, 0.5) is 0 Å². The van der Waals surface area contributed by atoms with Crippen molar-refractivity contribution in [1.29, 1.82) is 0 Å². The summed E-state index contributed by atoms with van der Waals surface area (Å²) in [4.78, 5) is 25.3. The van der Waals surface area contributed by atoms with Gasteiger partial charge in [-0.3, -0.25) is 9.59 Å². The first-order valence-electron chi connectivity index (χ1n) is 14.7. The van der Waals surface area contributed by atoms with Gasteiger partial charge >= 0.3 is 11.9 Å². The van der Waals surface area contributed by atoms with Gasteiger partial charge in [-0.15, -0.1) is 0 Å². The highest BCUT2D eigenvalue weighted by Crippen LogP contribution is 2.74. The number of fused-ring (bicyclic) bond motifs is 7. The Hall–Kier alpha value is -1.58. The predicted octanol–water partition coefficient (Wildman–Crippen LogP) is 7.67. The average molecular weight is 511 g/mol. The van der Waals surface area contributed by atoms with Crippen LogP contribution < -0.4 is 0 Å². The molecule has 0 aromatic carbocycles. The minimum Gasteiger partial charge on any atom is -0.468 e. The van der Waals surface area contributed by atoms with E-state index in [1.807, 2.05) is 0 Å². The molecule has 5 aliphatic carbocycles. The number of allylic oxidation sites excluding steroid dienone is 3. The summed E-state index contributed by atoms with van der Waals surface area (Å²) in [6.07, 6.45) is 15.7. The summed E-state index contributed by atoms with van der Waals surface area (Å²) < 4.78 is 11.3. The van der Waals surface area contributed by atoms with Crippen molar-refractivity contribution in [3.05, 3.63) is 23.8 Å². The maximum atomic E-state index is 13.4. The van der Waals surface area contributed by atoms with Crippen LogP contribution in [0.25, 0.3) is 0 Å². The Labute approximate surface area is 225 Å². The summed E-state index contributed by atoms with van der Waals surface area (Å²) in [5.74, 6) is 1.07. The molecule has 0 aromatic heterocycles. The van der Waals surface area contributed by atoms with Gasteiger partial charge < -0.3 is 9.47 Å². The molecule has 0 heterocycles. The minimum atomic E-state index is -0.524. The summed E-state index contributed by atoms with van der Waals surface area (Å²) in [7, 11) is 1.55. The molecule has 3 fully saturated rings. The fourth-order valence-electron chi connectivity index (χ4n) is 10.6. The lowest BCUT2D eigenvalue weighted by Crippen LogP contribution is -2.64. The first-order chi connectivity index (χ1) is 17.1. The molecule has 4 heteroatoms. The fourth-order valence-corrected chi connectivity index (χ4v) is 10.6. The predicted molar refractivity (Wildman–Crippen MR) is 147 cm³/mol. The van der Waals surface area contributed by atoms with Gasteiger partial charge in [0.25, 0.3) is 0 Å². The van der Waals surface area contributed by atoms with E-state index in [1.165, 1.54) is 5.57 Å². The highest BCUT2D eigenvalue weighted by Gasteiger charge is 2.68. The van der Waals surface area contributed by atoms with E-state index in [4.69, 9.17) is 9.47 Å². The van der Waals surface area contributed by atoms with Crippen molar-refractivity contribution in [1.82, 2.24) is 0 Å². The summed E-state index contributed by atoms with van der Waals surface area (Å²) in [6.45, 7) is 18.5. The molecule has 0 amide bonds. The second kappa shape index (κ2) is 8.21. The highest BCUT2D eigenvalue weighted by atomic mass is 16.5. The van der Waals surface area contributed by atoms with Gasteiger partial charge in [0.05, 0.1) is 12.5 Å². The van der Waals surface area contributed by atoms with Gasteiger partial charge in [0.1, 0.15) is 6.10 Å². The van der Waals surface area contributed by atoms with Crippen molar-refractivity contribution in [3.8, 4) is 0 Å². The number of carbonyl (C=O) groups excluding carboxylic acids is 2. The van der Waals surface area contributed by atoms with Gasteiger partial charge in [-0.2, -0.15) is 0 Å². The number of esters is 2. The third kappa shape index (κ3) is 3.52. The topological polar surface area (TPSA) is 52.6 Å². The summed E-state index contributed by atoms with van der Waals surface area (Å²) in [6, 6.07) is 0. The summed E-state index contributed by atoms with van der Waals surface area (Å²) >= 11 is 0. The molecular formula is C33H50O4. The monoisotopic (exact) mass is 510 g/mol. The minimum absolute atomic E-state index is 0.00238. The zero-order chi connectivity index (χ0) is 27.2. The number of hydrogen-bond acceptors (Lipinski definition) is 4. The van der Waals surface area contributed by atoms with E-state index >= 15 is 0 Å². The Kier molecular flexibility index (Phi) is 5.99. The lowest BCUT2D eigenvalue weighted by Gasteiger charge is -2.70. The average Bonchev–Trinajstić information content (AvgIpc) is 2.80. The van der Waals surface area contributed by atoms with Crippen molar-refractivity contribution >= 4 is 11.9 Å². The van der Waals surface area contributed by atoms with E-state index in [9.17, 15) is 9.59 Å². The molecule has 0 radical (unpaired) electrons. The Morgan fingerprint density at radius 2 is 1.59 bits per heavy atom. The number of methoxy groups -OCH3 is 1. The van der Waals surface area contributed by atoms with Crippen LogP contribution in [-0.4, -0.2) is 25.2 Å². The molecule has 37 heavy (non-hydrogen) atoms. The molecule has 5 rings (SSSR count). The zero-order valence-corrected chi connectivity index (χ0v) is 24.8. The van der Waals surface area contributed by atoms with Gasteiger partial charge in [0.2, 0.25) is 0 Å². The van der Waals surface area contributed by atoms with E-state index < -0.39 is 5.41 Å². The van der Waals surface area contributed by atoms with E-state index in [0.717, 1.165) is 51.4 Å². The Balaban J connectivity index is 1.57. The van der Waals surface area contributed by atoms with Crippen LogP contribution in [-0.2, 0) is 19.1 Å². The fraction of sp³-hybridized carbons (Fsp3) is 0.818. The second-order valence-electron chi connectivity index (χ2n) is 15.4. The highest BCUT2D eigenvalue weighted by molar-refractivity contribution is 5.81. The molecule has 3 saturated carbocycles. The van der Waals surface area contributed by atoms with E-state index in [-0.39, 0.29) is 51.0 Å². The lowest BCUT2D eigenvalue weighted by molar-refractivity contribution is -0.203. The maximum Gasteiger partial charge on any atom is 0.316 e. The van der Waals surface area contributed by atoms with Crippen molar-refractivity contribution in [2.75, 3.05) is 7.11 Å². The first-order valence-corrected chi connectivity index (χ1v) is 14.7. The van der Waals surface area contributed by atoms with Crippen LogP contribution in [0.1, 0.15) is 107 Å². The molecule has 0 saturated heterocycles.